The molecule has 0 aromatic rings. The highest BCUT2D eigenvalue weighted by Crippen LogP contribution is 2.32. The van der Waals surface area contributed by atoms with Crippen LogP contribution in [0.3, 0.4) is 0 Å². The van der Waals surface area contributed by atoms with Gasteiger partial charge in [0, 0.05) is 39.3 Å². The Bertz CT molecular complexity index is 381. The van der Waals surface area contributed by atoms with E-state index in [-0.39, 0.29) is 17.4 Å². The van der Waals surface area contributed by atoms with Gasteiger partial charge in [0.1, 0.15) is 5.38 Å². The Labute approximate surface area is 125 Å². The van der Waals surface area contributed by atoms with Crippen molar-refractivity contribution in [1.82, 2.24) is 9.80 Å². The van der Waals surface area contributed by atoms with Crippen LogP contribution in [0.15, 0.2) is 0 Å². The number of amides is 2. The van der Waals surface area contributed by atoms with Crippen molar-refractivity contribution in [3.63, 3.8) is 0 Å². The molecule has 0 aliphatic carbocycles. The zero-order valence-electron chi connectivity index (χ0n) is 12.2. The van der Waals surface area contributed by atoms with Crippen LogP contribution in [0.4, 0.5) is 0 Å². The van der Waals surface area contributed by atoms with Crippen molar-refractivity contribution >= 4 is 23.4 Å². The SMILES string of the molecule is CCN1C(=O)CCN(C(=O)C(C)Cl)CC12CCOCC2. The first-order chi connectivity index (χ1) is 9.50. The van der Waals surface area contributed by atoms with Gasteiger partial charge < -0.3 is 14.5 Å². The van der Waals surface area contributed by atoms with Crippen molar-refractivity contribution in [2.75, 3.05) is 32.8 Å². The second-order valence-electron chi connectivity index (χ2n) is 5.60. The van der Waals surface area contributed by atoms with E-state index in [2.05, 4.69) is 0 Å². The van der Waals surface area contributed by atoms with Crippen LogP contribution in [0.1, 0.15) is 33.1 Å². The minimum Gasteiger partial charge on any atom is -0.381 e. The maximum atomic E-state index is 12.4. The van der Waals surface area contributed by atoms with Crippen LogP contribution in [0.2, 0.25) is 0 Å². The fourth-order valence-corrected chi connectivity index (χ4v) is 3.42. The zero-order chi connectivity index (χ0) is 14.8. The number of carbonyl (C=O) groups excluding carboxylic acids is 2. The van der Waals surface area contributed by atoms with Crippen molar-refractivity contribution < 1.29 is 14.3 Å². The molecule has 1 spiro atoms. The molecular formula is C14H23ClN2O3. The fourth-order valence-electron chi connectivity index (χ4n) is 3.28. The van der Waals surface area contributed by atoms with Gasteiger partial charge in [-0.1, -0.05) is 0 Å². The minimum atomic E-state index is -0.546. The predicted molar refractivity (Wildman–Crippen MR) is 76.7 cm³/mol. The Balaban J connectivity index is 2.27. The van der Waals surface area contributed by atoms with Crippen LogP contribution in [-0.2, 0) is 14.3 Å². The number of carbonyl (C=O) groups is 2. The zero-order valence-corrected chi connectivity index (χ0v) is 13.0. The molecule has 2 aliphatic heterocycles. The van der Waals surface area contributed by atoms with Gasteiger partial charge in [-0.15, -0.1) is 11.6 Å². The summed E-state index contributed by atoms with van der Waals surface area (Å²) in [7, 11) is 0. The van der Waals surface area contributed by atoms with Gasteiger partial charge in [0.15, 0.2) is 0 Å². The Morgan fingerprint density at radius 3 is 2.65 bits per heavy atom. The Morgan fingerprint density at radius 1 is 1.45 bits per heavy atom. The molecule has 5 nitrogen and oxygen atoms in total. The summed E-state index contributed by atoms with van der Waals surface area (Å²) >= 11 is 5.93. The number of ether oxygens (including phenoxy) is 1. The van der Waals surface area contributed by atoms with Gasteiger partial charge >= 0.3 is 0 Å². The highest BCUT2D eigenvalue weighted by atomic mass is 35.5. The fraction of sp³-hybridized carbons (Fsp3) is 0.857. The van der Waals surface area contributed by atoms with Crippen molar-refractivity contribution in [2.24, 2.45) is 0 Å². The number of alkyl halides is 1. The second-order valence-corrected chi connectivity index (χ2v) is 6.26. The van der Waals surface area contributed by atoms with Gasteiger partial charge in [0.2, 0.25) is 11.8 Å². The van der Waals surface area contributed by atoms with Crippen LogP contribution in [0, 0.1) is 0 Å². The summed E-state index contributed by atoms with van der Waals surface area (Å²) < 4.78 is 5.44. The standard InChI is InChI=1S/C14H23ClN2O3/c1-3-17-12(18)4-7-16(13(19)11(2)15)10-14(17)5-8-20-9-6-14/h11H,3-10H2,1-2H3. The lowest BCUT2D eigenvalue weighted by atomic mass is 9.87. The number of likely N-dealkylation sites (N-methyl/N-ethyl adjacent to an activating group) is 1. The molecule has 0 bridgehead atoms. The van der Waals surface area contributed by atoms with E-state index < -0.39 is 5.38 Å². The first kappa shape index (κ1) is 15.6. The lowest BCUT2D eigenvalue weighted by Gasteiger charge is -2.46. The predicted octanol–water partition coefficient (Wildman–Crippen LogP) is 1.24. The summed E-state index contributed by atoms with van der Waals surface area (Å²) in [5, 5.41) is -0.546. The normalized spacial score (nSPS) is 24.6. The van der Waals surface area contributed by atoms with Crippen LogP contribution >= 0.6 is 11.6 Å². The summed E-state index contributed by atoms with van der Waals surface area (Å²) in [6.45, 7) is 6.68. The third-order valence-corrected chi connectivity index (χ3v) is 4.53. The number of rotatable bonds is 2. The van der Waals surface area contributed by atoms with Crippen LogP contribution < -0.4 is 0 Å². The summed E-state index contributed by atoms with van der Waals surface area (Å²) in [5.74, 6) is 0.0511. The maximum Gasteiger partial charge on any atom is 0.240 e. The molecule has 114 valence electrons. The molecule has 2 saturated heterocycles. The molecule has 2 heterocycles. The molecule has 0 aromatic heterocycles. The van der Waals surface area contributed by atoms with Gasteiger partial charge in [-0.25, -0.2) is 0 Å². The topological polar surface area (TPSA) is 49.9 Å². The average molecular weight is 303 g/mol. The van der Waals surface area contributed by atoms with E-state index >= 15 is 0 Å². The highest BCUT2D eigenvalue weighted by molar-refractivity contribution is 6.30. The van der Waals surface area contributed by atoms with Crippen LogP contribution in [-0.4, -0.2) is 65.4 Å². The van der Waals surface area contributed by atoms with E-state index in [1.807, 2.05) is 11.8 Å². The van der Waals surface area contributed by atoms with Crippen molar-refractivity contribution in [3.05, 3.63) is 0 Å². The third kappa shape index (κ3) is 2.93. The monoisotopic (exact) mass is 302 g/mol. The second kappa shape index (κ2) is 6.31. The lowest BCUT2D eigenvalue weighted by Crippen LogP contribution is -2.59. The van der Waals surface area contributed by atoms with Gasteiger partial charge in [0.05, 0.1) is 5.54 Å². The largest absolute Gasteiger partial charge is 0.381 e. The molecule has 1 atom stereocenters. The molecular weight excluding hydrogens is 280 g/mol. The molecule has 0 N–H and O–H groups in total. The first-order valence-electron chi connectivity index (χ1n) is 7.31. The number of halogens is 1. The lowest BCUT2D eigenvalue weighted by molar-refractivity contribution is -0.141. The van der Waals surface area contributed by atoms with Crippen LogP contribution in [0.25, 0.3) is 0 Å². The van der Waals surface area contributed by atoms with E-state index in [1.54, 1.807) is 11.8 Å². The molecule has 20 heavy (non-hydrogen) atoms. The highest BCUT2D eigenvalue weighted by Gasteiger charge is 2.44. The number of nitrogens with zero attached hydrogens (tertiary/aromatic N) is 2. The minimum absolute atomic E-state index is 0.0803. The van der Waals surface area contributed by atoms with Crippen molar-refractivity contribution in [2.45, 2.75) is 44.0 Å². The number of hydrogen-bond donors (Lipinski definition) is 0. The molecule has 2 fully saturated rings. The molecule has 2 aliphatic rings. The molecule has 1 unspecified atom stereocenters. The number of hydrogen-bond acceptors (Lipinski definition) is 3. The Kier molecular flexibility index (Phi) is 4.91. The van der Waals surface area contributed by atoms with E-state index in [0.717, 1.165) is 12.8 Å². The quantitative estimate of drug-likeness (QED) is 0.721. The summed E-state index contributed by atoms with van der Waals surface area (Å²) in [4.78, 5) is 28.3. The Morgan fingerprint density at radius 2 is 2.10 bits per heavy atom. The van der Waals surface area contributed by atoms with E-state index in [4.69, 9.17) is 16.3 Å². The van der Waals surface area contributed by atoms with Gasteiger partial charge in [0.25, 0.3) is 0 Å². The summed E-state index contributed by atoms with van der Waals surface area (Å²) in [6.07, 6.45) is 1.95. The van der Waals surface area contributed by atoms with Gasteiger partial charge in [-0.3, -0.25) is 9.59 Å². The first-order valence-corrected chi connectivity index (χ1v) is 7.75. The maximum absolute atomic E-state index is 12.4. The molecule has 2 rings (SSSR count). The molecule has 0 radical (unpaired) electrons. The Hall–Kier alpha value is -0.810. The molecule has 0 saturated carbocycles. The summed E-state index contributed by atoms with van der Waals surface area (Å²) in [5.41, 5.74) is -0.276. The van der Waals surface area contributed by atoms with Crippen LogP contribution in [0.5, 0.6) is 0 Å². The van der Waals surface area contributed by atoms with E-state index in [1.165, 1.54) is 0 Å². The molecule has 2 amide bonds. The third-order valence-electron chi connectivity index (χ3n) is 4.35. The smallest absolute Gasteiger partial charge is 0.240 e. The van der Waals surface area contributed by atoms with Crippen molar-refractivity contribution in [3.8, 4) is 0 Å². The molecule has 0 aromatic carbocycles. The summed E-state index contributed by atoms with van der Waals surface area (Å²) in [6, 6.07) is 0. The average Bonchev–Trinajstić information content (AvgIpc) is 2.56. The van der Waals surface area contributed by atoms with Gasteiger partial charge in [-0.05, 0) is 26.7 Å². The molecule has 6 heteroatoms. The van der Waals surface area contributed by atoms with Crippen molar-refractivity contribution in [1.29, 1.82) is 0 Å². The van der Waals surface area contributed by atoms with E-state index in [9.17, 15) is 9.59 Å². The van der Waals surface area contributed by atoms with Gasteiger partial charge in [-0.2, -0.15) is 0 Å². The van der Waals surface area contributed by atoms with E-state index in [0.29, 0.717) is 39.3 Å².